The fourth-order valence-corrected chi connectivity index (χ4v) is 3.42. The van der Waals surface area contributed by atoms with E-state index in [1.54, 1.807) is 6.07 Å². The number of nitrogens with zero attached hydrogens (tertiary/aromatic N) is 1. The Morgan fingerprint density at radius 2 is 2.17 bits per heavy atom. The Labute approximate surface area is 108 Å². The molecule has 0 radical (unpaired) electrons. The van der Waals surface area contributed by atoms with Crippen LogP contribution in [0.3, 0.4) is 0 Å². The molecule has 102 valence electrons. The highest BCUT2D eigenvalue weighted by molar-refractivity contribution is 7.89. The third-order valence-electron chi connectivity index (χ3n) is 3.06. The summed E-state index contributed by atoms with van der Waals surface area (Å²) in [6.45, 7) is 3.33. The van der Waals surface area contributed by atoms with E-state index in [0.717, 1.165) is 19.3 Å². The fourth-order valence-electron chi connectivity index (χ4n) is 1.88. The Balaban J connectivity index is 2.19. The second-order valence-corrected chi connectivity index (χ2v) is 6.60. The van der Waals surface area contributed by atoms with E-state index in [1.165, 1.54) is 10.4 Å². The van der Waals surface area contributed by atoms with E-state index >= 15 is 0 Å². The molecule has 1 saturated carbocycles. The number of sulfonamides is 1. The first kappa shape index (κ1) is 13.6. The lowest BCUT2D eigenvalue weighted by molar-refractivity contribution is 0.359. The van der Waals surface area contributed by atoms with Crippen molar-refractivity contribution in [3.05, 3.63) is 17.9 Å². The van der Waals surface area contributed by atoms with Crippen molar-refractivity contribution in [2.45, 2.75) is 37.8 Å². The van der Waals surface area contributed by atoms with Crippen LogP contribution in [0.25, 0.3) is 0 Å². The van der Waals surface area contributed by atoms with Gasteiger partial charge in [-0.25, -0.2) is 8.42 Å². The molecule has 0 aromatic carbocycles. The zero-order chi connectivity index (χ0) is 13.2. The van der Waals surface area contributed by atoms with E-state index in [1.807, 2.05) is 6.92 Å². The van der Waals surface area contributed by atoms with Crippen LogP contribution in [-0.4, -0.2) is 25.8 Å². The number of hydrogen-bond acceptors (Lipinski definition) is 4. The lowest BCUT2D eigenvalue weighted by Gasteiger charge is -2.19. The van der Waals surface area contributed by atoms with Crippen molar-refractivity contribution in [2.75, 3.05) is 13.1 Å². The zero-order valence-corrected chi connectivity index (χ0v) is 11.4. The first-order valence-electron chi connectivity index (χ1n) is 6.37. The van der Waals surface area contributed by atoms with Gasteiger partial charge < -0.3 is 10.2 Å². The number of rotatable bonds is 7. The number of furan rings is 1. The summed E-state index contributed by atoms with van der Waals surface area (Å²) in [7, 11) is -3.50. The highest BCUT2D eigenvalue weighted by Gasteiger charge is 2.32. The third kappa shape index (κ3) is 2.93. The molecule has 0 bridgehead atoms. The minimum atomic E-state index is -3.50. The molecule has 1 aliphatic rings. The molecule has 5 nitrogen and oxygen atoms in total. The van der Waals surface area contributed by atoms with E-state index in [2.05, 4.69) is 0 Å². The second-order valence-electron chi connectivity index (χ2n) is 4.73. The average molecular weight is 272 g/mol. The minimum Gasteiger partial charge on any atom is -0.447 e. The van der Waals surface area contributed by atoms with E-state index in [4.69, 9.17) is 10.2 Å². The molecule has 2 N–H and O–H groups in total. The quantitative estimate of drug-likeness (QED) is 0.817. The van der Waals surface area contributed by atoms with Crippen molar-refractivity contribution in [2.24, 2.45) is 11.7 Å². The summed E-state index contributed by atoms with van der Waals surface area (Å²) >= 11 is 0. The molecule has 1 aliphatic carbocycles. The van der Waals surface area contributed by atoms with Gasteiger partial charge in [-0.3, -0.25) is 0 Å². The summed E-state index contributed by atoms with van der Waals surface area (Å²) in [5.74, 6) is 1.02. The number of nitrogens with two attached hydrogens (primary N) is 1. The predicted octanol–water partition coefficient (Wildman–Crippen LogP) is 1.55. The van der Waals surface area contributed by atoms with Gasteiger partial charge in [0, 0.05) is 13.1 Å². The summed E-state index contributed by atoms with van der Waals surface area (Å²) in [4.78, 5) is 0. The van der Waals surface area contributed by atoms with Crippen LogP contribution in [0.15, 0.2) is 21.6 Å². The maximum Gasteiger partial charge on any atom is 0.276 e. The normalized spacial score (nSPS) is 16.4. The summed E-state index contributed by atoms with van der Waals surface area (Å²) in [5, 5.41) is 0.0112. The summed E-state index contributed by atoms with van der Waals surface area (Å²) < 4.78 is 31.6. The molecule has 0 saturated heterocycles. The first-order valence-corrected chi connectivity index (χ1v) is 7.81. The van der Waals surface area contributed by atoms with Crippen LogP contribution in [0.2, 0.25) is 0 Å². The Morgan fingerprint density at radius 3 is 2.67 bits per heavy atom. The van der Waals surface area contributed by atoms with Crippen LogP contribution in [0.4, 0.5) is 0 Å². The maximum absolute atomic E-state index is 12.4. The Morgan fingerprint density at radius 1 is 1.44 bits per heavy atom. The molecule has 1 aromatic rings. The summed E-state index contributed by atoms with van der Waals surface area (Å²) in [6.07, 6.45) is 3.06. The van der Waals surface area contributed by atoms with Crippen molar-refractivity contribution in [1.29, 1.82) is 0 Å². The van der Waals surface area contributed by atoms with Crippen LogP contribution < -0.4 is 5.73 Å². The predicted molar refractivity (Wildman–Crippen MR) is 68.4 cm³/mol. The van der Waals surface area contributed by atoms with Crippen LogP contribution in [-0.2, 0) is 16.6 Å². The molecular weight excluding hydrogens is 252 g/mol. The average Bonchev–Trinajstić information content (AvgIpc) is 3.02. The lowest BCUT2D eigenvalue weighted by atomic mass is 10.4. The summed E-state index contributed by atoms with van der Waals surface area (Å²) in [6, 6.07) is 3.11. The van der Waals surface area contributed by atoms with Gasteiger partial charge in [-0.05, 0) is 37.3 Å². The molecule has 0 atom stereocenters. The van der Waals surface area contributed by atoms with E-state index < -0.39 is 10.0 Å². The maximum atomic E-state index is 12.4. The molecule has 0 amide bonds. The molecular formula is C12H20N2O3S. The van der Waals surface area contributed by atoms with E-state index in [-0.39, 0.29) is 11.6 Å². The molecule has 6 heteroatoms. The topological polar surface area (TPSA) is 76.5 Å². The fraction of sp³-hybridized carbons (Fsp3) is 0.667. The van der Waals surface area contributed by atoms with Gasteiger partial charge in [-0.2, -0.15) is 4.31 Å². The standard InChI is InChI=1S/C12H20N2O3S/c1-2-7-14(9-10-3-4-10)18(15,16)12-6-5-11(8-13)17-12/h5-6,10H,2-4,7-9,13H2,1H3. The largest absolute Gasteiger partial charge is 0.447 e. The van der Waals surface area contributed by atoms with Gasteiger partial charge in [0.1, 0.15) is 5.76 Å². The Hall–Kier alpha value is -0.850. The molecule has 0 spiro atoms. The highest BCUT2D eigenvalue weighted by Crippen LogP contribution is 2.32. The lowest BCUT2D eigenvalue weighted by Crippen LogP contribution is -2.33. The van der Waals surface area contributed by atoms with Crippen LogP contribution in [0.5, 0.6) is 0 Å². The molecule has 1 fully saturated rings. The van der Waals surface area contributed by atoms with Crippen molar-refractivity contribution in [1.82, 2.24) is 4.31 Å². The minimum absolute atomic E-state index is 0.0112. The van der Waals surface area contributed by atoms with Gasteiger partial charge in [-0.1, -0.05) is 6.92 Å². The second kappa shape index (κ2) is 5.42. The van der Waals surface area contributed by atoms with E-state index in [9.17, 15) is 8.42 Å². The first-order chi connectivity index (χ1) is 8.57. The molecule has 18 heavy (non-hydrogen) atoms. The molecule has 0 aliphatic heterocycles. The van der Waals surface area contributed by atoms with Crippen molar-refractivity contribution >= 4 is 10.0 Å². The van der Waals surface area contributed by atoms with E-state index in [0.29, 0.717) is 24.8 Å². The zero-order valence-electron chi connectivity index (χ0n) is 10.6. The Bertz CT molecular complexity index is 491. The molecule has 1 heterocycles. The third-order valence-corrected chi connectivity index (χ3v) is 4.80. The van der Waals surface area contributed by atoms with Crippen LogP contribution >= 0.6 is 0 Å². The molecule has 0 unspecified atom stereocenters. The van der Waals surface area contributed by atoms with Gasteiger partial charge in [0.25, 0.3) is 10.0 Å². The SMILES string of the molecule is CCCN(CC1CC1)S(=O)(=O)c1ccc(CN)o1. The van der Waals surface area contributed by atoms with Crippen LogP contribution in [0.1, 0.15) is 31.9 Å². The highest BCUT2D eigenvalue weighted by atomic mass is 32.2. The van der Waals surface area contributed by atoms with Gasteiger partial charge in [0.15, 0.2) is 0 Å². The van der Waals surface area contributed by atoms with Gasteiger partial charge >= 0.3 is 0 Å². The monoisotopic (exact) mass is 272 g/mol. The smallest absolute Gasteiger partial charge is 0.276 e. The van der Waals surface area contributed by atoms with Gasteiger partial charge in [0.05, 0.1) is 6.54 Å². The summed E-state index contributed by atoms with van der Waals surface area (Å²) in [5.41, 5.74) is 5.43. The molecule has 1 aromatic heterocycles. The number of hydrogen-bond donors (Lipinski definition) is 1. The van der Waals surface area contributed by atoms with Crippen molar-refractivity contribution in [3.8, 4) is 0 Å². The van der Waals surface area contributed by atoms with Crippen LogP contribution in [0, 0.1) is 5.92 Å². The van der Waals surface area contributed by atoms with Crippen molar-refractivity contribution in [3.63, 3.8) is 0 Å². The van der Waals surface area contributed by atoms with Gasteiger partial charge in [-0.15, -0.1) is 0 Å². The van der Waals surface area contributed by atoms with Crippen molar-refractivity contribution < 1.29 is 12.8 Å². The molecule has 2 rings (SSSR count). The van der Waals surface area contributed by atoms with Gasteiger partial charge in [0.2, 0.25) is 5.09 Å². The Kier molecular flexibility index (Phi) is 4.09.